The van der Waals surface area contributed by atoms with E-state index in [4.69, 9.17) is 4.74 Å². The fraction of sp³-hybridized carbons (Fsp3) is 0.250. The molecule has 2 aromatic rings. The Morgan fingerprint density at radius 1 is 1.17 bits per heavy atom. The molecule has 0 unspecified atom stereocenters. The van der Waals surface area contributed by atoms with Gasteiger partial charge in [0, 0.05) is 36.5 Å². The zero-order valence-electron chi connectivity index (χ0n) is 16.1. The predicted molar refractivity (Wildman–Crippen MR) is 106 cm³/mol. The summed E-state index contributed by atoms with van der Waals surface area (Å²) >= 11 is 0. The Bertz CT molecular complexity index is 924. The van der Waals surface area contributed by atoms with Gasteiger partial charge in [0.25, 0.3) is 17.5 Å². The van der Waals surface area contributed by atoms with E-state index in [9.17, 15) is 24.5 Å². The van der Waals surface area contributed by atoms with Crippen molar-refractivity contribution in [2.24, 2.45) is 0 Å². The summed E-state index contributed by atoms with van der Waals surface area (Å²) < 4.78 is 5.31. The minimum absolute atomic E-state index is 0.0289. The van der Waals surface area contributed by atoms with Crippen molar-refractivity contribution in [2.45, 2.75) is 13.8 Å². The van der Waals surface area contributed by atoms with E-state index in [1.54, 1.807) is 29.2 Å². The van der Waals surface area contributed by atoms with Gasteiger partial charge in [-0.1, -0.05) is 6.07 Å². The molecule has 0 aliphatic carbocycles. The number of carbonyl (C=O) groups excluding carboxylic acids is 3. The van der Waals surface area contributed by atoms with Crippen LogP contribution in [0.1, 0.15) is 34.6 Å². The Balaban J connectivity index is 2.03. The van der Waals surface area contributed by atoms with Crippen molar-refractivity contribution < 1.29 is 24.0 Å². The summed E-state index contributed by atoms with van der Waals surface area (Å²) in [5.74, 6) is -0.581. The van der Waals surface area contributed by atoms with Crippen LogP contribution in [0.5, 0.6) is 5.75 Å². The Morgan fingerprint density at radius 3 is 2.52 bits per heavy atom. The molecule has 0 aromatic heterocycles. The lowest BCUT2D eigenvalue weighted by atomic mass is 10.1. The van der Waals surface area contributed by atoms with Crippen LogP contribution >= 0.6 is 0 Å². The number of ether oxygens (including phenoxy) is 1. The van der Waals surface area contributed by atoms with Crippen LogP contribution in [-0.4, -0.2) is 47.6 Å². The number of nitrogens with zero attached hydrogens (tertiary/aromatic N) is 2. The molecule has 0 fully saturated rings. The molecule has 1 N–H and O–H groups in total. The monoisotopic (exact) mass is 399 g/mol. The number of hydrogen-bond donors (Lipinski definition) is 1. The van der Waals surface area contributed by atoms with Crippen molar-refractivity contribution in [3.05, 3.63) is 63.7 Å². The largest absolute Gasteiger partial charge is 0.483 e. The van der Waals surface area contributed by atoms with Crippen molar-refractivity contribution in [2.75, 3.05) is 25.0 Å². The molecule has 0 aliphatic heterocycles. The van der Waals surface area contributed by atoms with E-state index in [2.05, 4.69) is 5.32 Å². The topological polar surface area (TPSA) is 119 Å². The van der Waals surface area contributed by atoms with Crippen molar-refractivity contribution in [3.8, 4) is 5.75 Å². The van der Waals surface area contributed by atoms with Crippen LogP contribution in [0.3, 0.4) is 0 Å². The number of anilines is 1. The molecule has 29 heavy (non-hydrogen) atoms. The summed E-state index contributed by atoms with van der Waals surface area (Å²) in [5, 5.41) is 13.4. The lowest BCUT2D eigenvalue weighted by Gasteiger charge is -2.19. The zero-order valence-corrected chi connectivity index (χ0v) is 16.1. The molecule has 9 heteroatoms. The second kappa shape index (κ2) is 9.98. The van der Waals surface area contributed by atoms with E-state index < -0.39 is 17.4 Å². The van der Waals surface area contributed by atoms with Crippen LogP contribution in [0.15, 0.2) is 42.5 Å². The maximum absolute atomic E-state index is 12.4. The molecule has 0 spiro atoms. The van der Waals surface area contributed by atoms with Crippen molar-refractivity contribution >= 4 is 29.5 Å². The van der Waals surface area contributed by atoms with Gasteiger partial charge < -0.3 is 15.0 Å². The third kappa shape index (κ3) is 5.61. The summed E-state index contributed by atoms with van der Waals surface area (Å²) in [6.07, 6.45) is 0.419. The van der Waals surface area contributed by atoms with E-state index in [0.29, 0.717) is 30.6 Å². The van der Waals surface area contributed by atoms with E-state index in [-0.39, 0.29) is 22.9 Å². The summed E-state index contributed by atoms with van der Waals surface area (Å²) in [6, 6.07) is 10.1. The quantitative estimate of drug-likeness (QED) is 0.393. The van der Waals surface area contributed by atoms with Gasteiger partial charge in [-0.2, -0.15) is 0 Å². The third-order valence-corrected chi connectivity index (χ3v) is 4.13. The van der Waals surface area contributed by atoms with E-state index in [0.717, 1.165) is 6.07 Å². The number of carbonyl (C=O) groups is 3. The van der Waals surface area contributed by atoms with Crippen LogP contribution in [0.25, 0.3) is 0 Å². The van der Waals surface area contributed by atoms with Crippen LogP contribution in [0.2, 0.25) is 0 Å². The Hall–Kier alpha value is -3.75. The number of benzene rings is 2. The van der Waals surface area contributed by atoms with Gasteiger partial charge in [0.2, 0.25) is 0 Å². The maximum atomic E-state index is 12.4. The summed E-state index contributed by atoms with van der Waals surface area (Å²) in [7, 11) is 0. The first-order valence-electron chi connectivity index (χ1n) is 8.95. The first-order valence-corrected chi connectivity index (χ1v) is 8.95. The van der Waals surface area contributed by atoms with Gasteiger partial charge in [-0.25, -0.2) is 0 Å². The molecule has 0 aliphatic rings. The average molecular weight is 399 g/mol. The Labute approximate surface area is 167 Å². The van der Waals surface area contributed by atoms with Crippen LogP contribution < -0.4 is 10.1 Å². The van der Waals surface area contributed by atoms with Crippen LogP contribution in [0, 0.1) is 10.1 Å². The fourth-order valence-corrected chi connectivity index (χ4v) is 2.64. The molecule has 0 heterocycles. The predicted octanol–water partition coefficient (Wildman–Crippen LogP) is 2.91. The number of aldehydes is 1. The van der Waals surface area contributed by atoms with Crippen molar-refractivity contribution in [1.29, 1.82) is 0 Å². The minimum atomic E-state index is -0.629. The Kier molecular flexibility index (Phi) is 7.41. The van der Waals surface area contributed by atoms with Crippen molar-refractivity contribution in [3.63, 3.8) is 0 Å². The highest BCUT2D eigenvalue weighted by atomic mass is 16.6. The molecule has 2 rings (SSSR count). The summed E-state index contributed by atoms with van der Waals surface area (Å²) in [4.78, 5) is 47.5. The molecule has 0 radical (unpaired) electrons. The zero-order chi connectivity index (χ0) is 21.4. The SMILES string of the molecule is CCN(CC)C(=O)c1cccc(NC(=O)COc2ccc([N+](=O)[O-])cc2C=O)c1. The number of non-ortho nitro benzene ring substituents is 1. The summed E-state index contributed by atoms with van der Waals surface area (Å²) in [6.45, 7) is 4.52. The molecule has 2 amide bonds. The third-order valence-electron chi connectivity index (χ3n) is 4.13. The highest BCUT2D eigenvalue weighted by molar-refractivity contribution is 5.97. The standard InChI is InChI=1S/C20H21N3O6/c1-3-22(4-2)20(26)14-6-5-7-16(10-14)21-19(25)13-29-18-9-8-17(23(27)28)11-15(18)12-24/h5-12H,3-4,13H2,1-2H3,(H,21,25). The first-order chi connectivity index (χ1) is 13.9. The number of nitro groups is 1. The van der Waals surface area contributed by atoms with Gasteiger partial charge in [0.15, 0.2) is 12.9 Å². The minimum Gasteiger partial charge on any atom is -0.483 e. The first kappa shape index (κ1) is 21.5. The van der Waals surface area contributed by atoms with Gasteiger partial charge in [-0.3, -0.25) is 24.5 Å². The molecule has 9 nitrogen and oxygen atoms in total. The van der Waals surface area contributed by atoms with Crippen LogP contribution in [0.4, 0.5) is 11.4 Å². The average Bonchev–Trinajstić information content (AvgIpc) is 2.73. The lowest BCUT2D eigenvalue weighted by Crippen LogP contribution is -2.30. The van der Waals surface area contributed by atoms with Gasteiger partial charge in [-0.15, -0.1) is 0 Å². The van der Waals surface area contributed by atoms with Gasteiger partial charge >= 0.3 is 0 Å². The number of hydrogen-bond acceptors (Lipinski definition) is 6. The van der Waals surface area contributed by atoms with Gasteiger partial charge in [0.1, 0.15) is 5.75 Å². The number of nitrogens with one attached hydrogen (secondary N) is 1. The van der Waals surface area contributed by atoms with Gasteiger partial charge in [-0.05, 0) is 38.1 Å². The molecule has 0 atom stereocenters. The number of amides is 2. The second-order valence-electron chi connectivity index (χ2n) is 5.99. The molecule has 0 bridgehead atoms. The van der Waals surface area contributed by atoms with Crippen LogP contribution in [-0.2, 0) is 4.79 Å². The molecular formula is C20H21N3O6. The van der Waals surface area contributed by atoms with E-state index in [1.807, 2.05) is 13.8 Å². The van der Waals surface area contributed by atoms with Crippen molar-refractivity contribution in [1.82, 2.24) is 4.90 Å². The molecule has 0 saturated carbocycles. The maximum Gasteiger partial charge on any atom is 0.270 e. The fourth-order valence-electron chi connectivity index (χ4n) is 2.64. The Morgan fingerprint density at radius 2 is 1.90 bits per heavy atom. The molecular weight excluding hydrogens is 378 g/mol. The van der Waals surface area contributed by atoms with Gasteiger partial charge in [0.05, 0.1) is 10.5 Å². The van der Waals surface area contributed by atoms with E-state index in [1.165, 1.54) is 12.1 Å². The number of nitro benzene ring substituents is 1. The smallest absolute Gasteiger partial charge is 0.270 e. The lowest BCUT2D eigenvalue weighted by molar-refractivity contribution is -0.384. The normalized spacial score (nSPS) is 10.1. The summed E-state index contributed by atoms with van der Waals surface area (Å²) in [5.41, 5.74) is 0.597. The molecule has 152 valence electrons. The molecule has 2 aromatic carbocycles. The highest BCUT2D eigenvalue weighted by Gasteiger charge is 2.15. The number of rotatable bonds is 9. The van der Waals surface area contributed by atoms with E-state index >= 15 is 0 Å². The molecule has 0 saturated heterocycles. The second-order valence-corrected chi connectivity index (χ2v) is 5.99. The highest BCUT2D eigenvalue weighted by Crippen LogP contribution is 2.22.